The van der Waals surface area contributed by atoms with Gasteiger partial charge in [0.05, 0.1) is 16.9 Å². The molecule has 0 unspecified atom stereocenters. The first-order chi connectivity index (χ1) is 14.5. The number of anilines is 2. The molecule has 0 saturated heterocycles. The minimum atomic E-state index is -1.07. The molecule has 1 aromatic heterocycles. The second kappa shape index (κ2) is 9.89. The van der Waals surface area contributed by atoms with Crippen LogP contribution in [0.3, 0.4) is 0 Å². The molecule has 6 nitrogen and oxygen atoms in total. The number of benzene rings is 2. The van der Waals surface area contributed by atoms with E-state index in [4.69, 9.17) is 11.6 Å². The molecule has 3 aromatic rings. The van der Waals surface area contributed by atoms with Crippen molar-refractivity contribution in [2.75, 3.05) is 16.8 Å². The third-order valence-corrected chi connectivity index (χ3v) is 4.82. The van der Waals surface area contributed by atoms with Crippen LogP contribution in [0.15, 0.2) is 66.9 Å². The Kier molecular flexibility index (Phi) is 7.03. The Morgan fingerprint density at radius 3 is 2.47 bits per heavy atom. The van der Waals surface area contributed by atoms with Crippen molar-refractivity contribution < 1.29 is 14.7 Å². The van der Waals surface area contributed by atoms with Gasteiger partial charge >= 0.3 is 6.09 Å². The van der Waals surface area contributed by atoms with Gasteiger partial charge in [0.2, 0.25) is 0 Å². The fourth-order valence-electron chi connectivity index (χ4n) is 3.02. The van der Waals surface area contributed by atoms with Crippen molar-refractivity contribution in [3.63, 3.8) is 0 Å². The highest BCUT2D eigenvalue weighted by Crippen LogP contribution is 2.32. The first-order valence-corrected chi connectivity index (χ1v) is 10.00. The summed E-state index contributed by atoms with van der Waals surface area (Å²) in [6.45, 7) is 2.33. The smallest absolute Gasteiger partial charge is 0.411 e. The zero-order valence-electron chi connectivity index (χ0n) is 16.5. The Morgan fingerprint density at radius 1 is 1.07 bits per heavy atom. The Morgan fingerprint density at radius 2 is 1.83 bits per heavy atom. The van der Waals surface area contributed by atoms with Crippen LogP contribution in [0.1, 0.15) is 30.1 Å². The molecule has 0 spiro atoms. The molecule has 7 heteroatoms. The van der Waals surface area contributed by atoms with Gasteiger partial charge in [-0.15, -0.1) is 0 Å². The molecule has 0 atom stereocenters. The predicted molar refractivity (Wildman–Crippen MR) is 119 cm³/mol. The lowest BCUT2D eigenvalue weighted by Crippen LogP contribution is -2.31. The molecule has 0 radical (unpaired) electrons. The van der Waals surface area contributed by atoms with Gasteiger partial charge in [-0.2, -0.15) is 0 Å². The van der Waals surface area contributed by atoms with Gasteiger partial charge < -0.3 is 10.4 Å². The molecule has 0 aliphatic heterocycles. The molecule has 0 fully saturated rings. The Labute approximate surface area is 180 Å². The number of nitrogens with zero attached hydrogens (tertiary/aromatic N) is 2. The number of unbranched alkanes of at least 4 members (excludes halogenated alkanes) is 1. The maximum Gasteiger partial charge on any atom is 0.411 e. The van der Waals surface area contributed by atoms with Crippen molar-refractivity contribution in [1.82, 2.24) is 4.98 Å². The molecule has 30 heavy (non-hydrogen) atoms. The predicted octanol–water partition coefficient (Wildman–Crippen LogP) is 5.94. The molecule has 0 bridgehead atoms. The highest BCUT2D eigenvalue weighted by atomic mass is 35.5. The average Bonchev–Trinajstić information content (AvgIpc) is 2.75. The van der Waals surface area contributed by atoms with E-state index in [0.717, 1.165) is 17.5 Å². The SMILES string of the molecule is CCCCN(C(=O)O)c1ccc(-c2ccccc2)cc1NC(=O)c1ccc(Cl)nc1. The highest BCUT2D eigenvalue weighted by molar-refractivity contribution is 6.29. The number of hydrogen-bond donors (Lipinski definition) is 2. The monoisotopic (exact) mass is 423 g/mol. The van der Waals surface area contributed by atoms with Gasteiger partial charge in [-0.1, -0.05) is 61.3 Å². The van der Waals surface area contributed by atoms with E-state index in [1.54, 1.807) is 18.2 Å². The van der Waals surface area contributed by atoms with Crippen LogP contribution in [-0.4, -0.2) is 28.6 Å². The van der Waals surface area contributed by atoms with E-state index < -0.39 is 12.0 Å². The van der Waals surface area contributed by atoms with E-state index in [0.29, 0.717) is 29.9 Å². The first-order valence-electron chi connectivity index (χ1n) is 9.62. The molecule has 3 rings (SSSR count). The molecule has 2 N–H and O–H groups in total. The van der Waals surface area contributed by atoms with Gasteiger partial charge in [-0.05, 0) is 41.8 Å². The zero-order chi connectivity index (χ0) is 21.5. The van der Waals surface area contributed by atoms with Crippen molar-refractivity contribution >= 4 is 35.0 Å². The fourth-order valence-corrected chi connectivity index (χ4v) is 3.13. The third-order valence-electron chi connectivity index (χ3n) is 4.60. The lowest BCUT2D eigenvalue weighted by Gasteiger charge is -2.23. The van der Waals surface area contributed by atoms with Gasteiger partial charge in [0, 0.05) is 12.7 Å². The minimum absolute atomic E-state index is 0.287. The zero-order valence-corrected chi connectivity index (χ0v) is 17.3. The van der Waals surface area contributed by atoms with E-state index in [1.807, 2.05) is 43.3 Å². The number of carboxylic acid groups (broad SMARTS) is 1. The summed E-state index contributed by atoms with van der Waals surface area (Å²) in [6, 6.07) is 18.1. The van der Waals surface area contributed by atoms with Gasteiger partial charge in [-0.3, -0.25) is 9.69 Å². The summed E-state index contributed by atoms with van der Waals surface area (Å²) in [5, 5.41) is 12.9. The number of pyridine rings is 1. The van der Waals surface area contributed by atoms with Crippen LogP contribution >= 0.6 is 11.6 Å². The van der Waals surface area contributed by atoms with Crippen molar-refractivity contribution in [2.45, 2.75) is 19.8 Å². The summed E-state index contributed by atoms with van der Waals surface area (Å²) < 4.78 is 0. The van der Waals surface area contributed by atoms with Crippen LogP contribution in [0.2, 0.25) is 5.15 Å². The van der Waals surface area contributed by atoms with Crippen molar-refractivity contribution in [2.24, 2.45) is 0 Å². The summed E-state index contributed by atoms with van der Waals surface area (Å²) >= 11 is 5.80. The number of hydrogen-bond acceptors (Lipinski definition) is 3. The van der Waals surface area contributed by atoms with Crippen LogP contribution < -0.4 is 10.2 Å². The van der Waals surface area contributed by atoms with Crippen molar-refractivity contribution in [3.8, 4) is 11.1 Å². The maximum atomic E-state index is 12.8. The van der Waals surface area contributed by atoms with Crippen molar-refractivity contribution in [3.05, 3.63) is 77.6 Å². The second-order valence-electron chi connectivity index (χ2n) is 6.71. The lowest BCUT2D eigenvalue weighted by atomic mass is 10.0. The van der Waals surface area contributed by atoms with E-state index in [1.165, 1.54) is 17.2 Å². The number of halogens is 1. The number of amides is 2. The quantitative estimate of drug-likeness (QED) is 0.461. The second-order valence-corrected chi connectivity index (χ2v) is 7.10. The highest BCUT2D eigenvalue weighted by Gasteiger charge is 2.20. The van der Waals surface area contributed by atoms with Crippen LogP contribution in [0.5, 0.6) is 0 Å². The van der Waals surface area contributed by atoms with Crippen LogP contribution in [0.25, 0.3) is 11.1 Å². The molecular formula is C23H22ClN3O3. The van der Waals surface area contributed by atoms with Gasteiger partial charge in [0.15, 0.2) is 0 Å². The first kappa shape index (κ1) is 21.3. The normalized spacial score (nSPS) is 10.5. The molecule has 0 aliphatic carbocycles. The average molecular weight is 424 g/mol. The van der Waals surface area contributed by atoms with Gasteiger partial charge in [0.25, 0.3) is 5.91 Å². The van der Waals surface area contributed by atoms with Crippen LogP contribution in [0, 0.1) is 0 Å². The van der Waals surface area contributed by atoms with Gasteiger partial charge in [0.1, 0.15) is 5.15 Å². The maximum absolute atomic E-state index is 12.8. The van der Waals surface area contributed by atoms with E-state index >= 15 is 0 Å². The van der Waals surface area contributed by atoms with Crippen LogP contribution in [0.4, 0.5) is 16.2 Å². The molecule has 154 valence electrons. The van der Waals surface area contributed by atoms with Gasteiger partial charge in [-0.25, -0.2) is 9.78 Å². The Bertz CT molecular complexity index is 1020. The van der Waals surface area contributed by atoms with E-state index in [9.17, 15) is 14.7 Å². The third kappa shape index (κ3) is 5.15. The number of carbonyl (C=O) groups excluding carboxylic acids is 1. The Balaban J connectivity index is 2.01. The van der Waals surface area contributed by atoms with Crippen molar-refractivity contribution in [1.29, 1.82) is 0 Å². The molecule has 0 saturated carbocycles. The molecular weight excluding hydrogens is 402 g/mol. The number of aromatic nitrogens is 1. The number of carbonyl (C=O) groups is 2. The summed E-state index contributed by atoms with van der Waals surface area (Å²) in [7, 11) is 0. The summed E-state index contributed by atoms with van der Waals surface area (Å²) in [5.74, 6) is -0.397. The molecule has 2 amide bonds. The molecule has 2 aromatic carbocycles. The number of nitrogens with one attached hydrogen (secondary N) is 1. The molecule has 0 aliphatic rings. The lowest BCUT2D eigenvalue weighted by molar-refractivity contribution is 0.102. The summed E-state index contributed by atoms with van der Waals surface area (Å²) in [6.07, 6.45) is 1.87. The standard InChI is InChI=1S/C23H22ClN3O3/c1-2-3-13-27(23(29)30)20-11-9-17(16-7-5-4-6-8-16)14-19(20)26-22(28)18-10-12-21(24)25-15-18/h4-12,14-15H,2-3,13H2,1H3,(H,26,28)(H,29,30). The topological polar surface area (TPSA) is 82.5 Å². The van der Waals surface area contributed by atoms with E-state index in [2.05, 4.69) is 10.3 Å². The minimum Gasteiger partial charge on any atom is -0.465 e. The van der Waals surface area contributed by atoms with E-state index in [-0.39, 0.29) is 5.15 Å². The number of rotatable bonds is 7. The Hall–Kier alpha value is -3.38. The molecule has 1 heterocycles. The largest absolute Gasteiger partial charge is 0.465 e. The van der Waals surface area contributed by atoms with Crippen LogP contribution in [-0.2, 0) is 0 Å². The summed E-state index contributed by atoms with van der Waals surface area (Å²) in [4.78, 5) is 29.9. The summed E-state index contributed by atoms with van der Waals surface area (Å²) in [5.41, 5.74) is 2.99. The fraction of sp³-hybridized carbons (Fsp3) is 0.174.